The molecule has 0 bridgehead atoms. The van der Waals surface area contributed by atoms with Crippen molar-refractivity contribution in [1.82, 2.24) is 5.32 Å². The van der Waals surface area contributed by atoms with Crippen molar-refractivity contribution in [3.8, 4) is 11.5 Å². The number of hydrogen-bond acceptors (Lipinski definition) is 4. The summed E-state index contributed by atoms with van der Waals surface area (Å²) in [7, 11) is 0. The molecule has 2 N–H and O–H groups in total. The molecule has 5 nitrogen and oxygen atoms in total. The zero-order valence-electron chi connectivity index (χ0n) is 12.4. The van der Waals surface area contributed by atoms with Crippen molar-refractivity contribution in [3.05, 3.63) is 24.3 Å². The third kappa shape index (κ3) is 4.93. The first-order valence-electron chi connectivity index (χ1n) is 7.52. The number of carbonyl (C=O) groups excluding carboxylic acids is 1. The maximum Gasteiger partial charge on any atom is 0.258 e. The zero-order valence-corrected chi connectivity index (χ0v) is 12.4. The van der Waals surface area contributed by atoms with Gasteiger partial charge in [-0.05, 0) is 44.0 Å². The molecule has 1 fully saturated rings. The van der Waals surface area contributed by atoms with E-state index >= 15 is 0 Å². The molecule has 0 aliphatic heterocycles. The number of amides is 1. The summed E-state index contributed by atoms with van der Waals surface area (Å²) in [6, 6.07) is 7.01. The molecule has 0 heterocycles. The Morgan fingerprint density at radius 1 is 1.19 bits per heavy atom. The standard InChI is InChI=1S/C16H23NO4/c1-2-20-12-7-9-13(10-8-12)21-11-16(19)17-14-5-3-4-6-15(14)18/h7-10,14-15,18H,2-6,11H2,1H3,(H,17,19)/t14-,15-/m1/s1. The van der Waals surface area contributed by atoms with E-state index in [2.05, 4.69) is 5.32 Å². The van der Waals surface area contributed by atoms with Crippen LogP contribution in [0.25, 0.3) is 0 Å². The van der Waals surface area contributed by atoms with Gasteiger partial charge in [0.1, 0.15) is 11.5 Å². The third-order valence-electron chi connectivity index (χ3n) is 3.58. The molecule has 1 aliphatic carbocycles. The first-order chi connectivity index (χ1) is 10.2. The van der Waals surface area contributed by atoms with Gasteiger partial charge in [-0.2, -0.15) is 0 Å². The second-order valence-electron chi connectivity index (χ2n) is 5.22. The fraction of sp³-hybridized carbons (Fsp3) is 0.562. The molecule has 2 rings (SSSR count). The van der Waals surface area contributed by atoms with E-state index in [4.69, 9.17) is 9.47 Å². The quantitative estimate of drug-likeness (QED) is 0.840. The lowest BCUT2D eigenvalue weighted by atomic mass is 9.92. The molecule has 0 radical (unpaired) electrons. The van der Waals surface area contributed by atoms with Crippen molar-refractivity contribution >= 4 is 5.91 Å². The largest absolute Gasteiger partial charge is 0.494 e. The predicted molar refractivity (Wildman–Crippen MR) is 79.5 cm³/mol. The van der Waals surface area contributed by atoms with Gasteiger partial charge in [-0.3, -0.25) is 4.79 Å². The van der Waals surface area contributed by atoms with Crippen LogP contribution in [0.5, 0.6) is 11.5 Å². The number of carbonyl (C=O) groups is 1. The molecular formula is C16H23NO4. The molecule has 1 amide bonds. The topological polar surface area (TPSA) is 67.8 Å². The van der Waals surface area contributed by atoms with Crippen LogP contribution in [0.4, 0.5) is 0 Å². The molecule has 0 unspecified atom stereocenters. The van der Waals surface area contributed by atoms with E-state index in [-0.39, 0.29) is 18.6 Å². The van der Waals surface area contributed by atoms with Gasteiger partial charge in [0.2, 0.25) is 0 Å². The van der Waals surface area contributed by atoms with Gasteiger partial charge in [-0.15, -0.1) is 0 Å². The highest BCUT2D eigenvalue weighted by Crippen LogP contribution is 2.19. The summed E-state index contributed by atoms with van der Waals surface area (Å²) in [5, 5.41) is 12.6. The van der Waals surface area contributed by atoms with Crippen molar-refractivity contribution in [2.75, 3.05) is 13.2 Å². The minimum Gasteiger partial charge on any atom is -0.494 e. The second kappa shape index (κ2) is 7.88. The molecule has 0 aromatic heterocycles. The Bertz CT molecular complexity index is 446. The van der Waals surface area contributed by atoms with E-state index in [0.717, 1.165) is 31.4 Å². The molecule has 1 saturated carbocycles. The van der Waals surface area contributed by atoms with Crippen molar-refractivity contribution in [1.29, 1.82) is 0 Å². The number of rotatable bonds is 6. The summed E-state index contributed by atoms with van der Waals surface area (Å²) in [6.45, 7) is 2.50. The number of aliphatic hydroxyl groups is 1. The number of hydrogen-bond donors (Lipinski definition) is 2. The number of aliphatic hydroxyl groups excluding tert-OH is 1. The second-order valence-corrected chi connectivity index (χ2v) is 5.22. The highest BCUT2D eigenvalue weighted by molar-refractivity contribution is 5.77. The maximum absolute atomic E-state index is 11.8. The van der Waals surface area contributed by atoms with Crippen LogP contribution in [0.2, 0.25) is 0 Å². The monoisotopic (exact) mass is 293 g/mol. The van der Waals surface area contributed by atoms with Crippen molar-refractivity contribution in [2.45, 2.75) is 44.8 Å². The lowest BCUT2D eigenvalue weighted by Gasteiger charge is -2.28. The third-order valence-corrected chi connectivity index (χ3v) is 3.58. The number of benzene rings is 1. The lowest BCUT2D eigenvalue weighted by molar-refractivity contribution is -0.125. The summed E-state index contributed by atoms with van der Waals surface area (Å²) in [5.74, 6) is 1.20. The van der Waals surface area contributed by atoms with Gasteiger partial charge in [0, 0.05) is 0 Å². The maximum atomic E-state index is 11.8. The van der Waals surface area contributed by atoms with Crippen LogP contribution in [-0.2, 0) is 4.79 Å². The Hall–Kier alpha value is -1.75. The normalized spacial score (nSPS) is 21.6. The smallest absolute Gasteiger partial charge is 0.258 e. The Morgan fingerprint density at radius 3 is 2.43 bits per heavy atom. The Kier molecular flexibility index (Phi) is 5.87. The molecule has 0 saturated heterocycles. The Morgan fingerprint density at radius 2 is 1.81 bits per heavy atom. The minimum atomic E-state index is -0.437. The van der Waals surface area contributed by atoms with Crippen LogP contribution in [0.3, 0.4) is 0 Å². The number of ether oxygens (including phenoxy) is 2. The van der Waals surface area contributed by atoms with Crippen LogP contribution >= 0.6 is 0 Å². The summed E-state index contributed by atoms with van der Waals surface area (Å²) in [4.78, 5) is 11.8. The molecule has 1 aromatic carbocycles. The Labute approximate surface area is 125 Å². The van der Waals surface area contributed by atoms with E-state index < -0.39 is 6.10 Å². The summed E-state index contributed by atoms with van der Waals surface area (Å²) in [5.41, 5.74) is 0. The van der Waals surface area contributed by atoms with Crippen LogP contribution in [0.1, 0.15) is 32.6 Å². The summed E-state index contributed by atoms with van der Waals surface area (Å²) in [6.07, 6.45) is 3.21. The van der Waals surface area contributed by atoms with Gasteiger partial charge in [0.05, 0.1) is 18.8 Å². The fourth-order valence-corrected chi connectivity index (χ4v) is 2.48. The fourth-order valence-electron chi connectivity index (χ4n) is 2.48. The first kappa shape index (κ1) is 15.6. The highest BCUT2D eigenvalue weighted by Gasteiger charge is 2.24. The van der Waals surface area contributed by atoms with Crippen LogP contribution in [-0.4, -0.2) is 36.4 Å². The van der Waals surface area contributed by atoms with E-state index in [9.17, 15) is 9.90 Å². The van der Waals surface area contributed by atoms with Gasteiger partial charge in [0.15, 0.2) is 6.61 Å². The minimum absolute atomic E-state index is 0.0444. The predicted octanol–water partition coefficient (Wildman–Crippen LogP) is 1.88. The molecule has 116 valence electrons. The summed E-state index contributed by atoms with van der Waals surface area (Å²) >= 11 is 0. The molecule has 1 aliphatic rings. The average molecular weight is 293 g/mol. The zero-order chi connectivity index (χ0) is 15.1. The van der Waals surface area contributed by atoms with Crippen molar-refractivity contribution in [3.63, 3.8) is 0 Å². The van der Waals surface area contributed by atoms with E-state index in [1.807, 2.05) is 19.1 Å². The van der Waals surface area contributed by atoms with E-state index in [1.54, 1.807) is 12.1 Å². The van der Waals surface area contributed by atoms with Crippen molar-refractivity contribution in [2.24, 2.45) is 0 Å². The molecule has 0 spiro atoms. The molecule has 2 atom stereocenters. The molecule has 1 aromatic rings. The van der Waals surface area contributed by atoms with Gasteiger partial charge in [-0.1, -0.05) is 12.8 Å². The van der Waals surface area contributed by atoms with Gasteiger partial charge in [0.25, 0.3) is 5.91 Å². The van der Waals surface area contributed by atoms with Gasteiger partial charge >= 0.3 is 0 Å². The van der Waals surface area contributed by atoms with E-state index in [0.29, 0.717) is 12.4 Å². The Balaban J connectivity index is 1.75. The molecular weight excluding hydrogens is 270 g/mol. The first-order valence-corrected chi connectivity index (χ1v) is 7.52. The van der Waals surface area contributed by atoms with Crippen LogP contribution in [0, 0.1) is 0 Å². The average Bonchev–Trinajstić information content (AvgIpc) is 2.49. The lowest BCUT2D eigenvalue weighted by Crippen LogP contribution is -2.46. The van der Waals surface area contributed by atoms with Crippen LogP contribution in [0.15, 0.2) is 24.3 Å². The molecule has 21 heavy (non-hydrogen) atoms. The van der Waals surface area contributed by atoms with Gasteiger partial charge in [-0.25, -0.2) is 0 Å². The molecule has 5 heteroatoms. The van der Waals surface area contributed by atoms with Gasteiger partial charge < -0.3 is 19.9 Å². The number of nitrogens with one attached hydrogen (secondary N) is 1. The highest BCUT2D eigenvalue weighted by atomic mass is 16.5. The van der Waals surface area contributed by atoms with E-state index in [1.165, 1.54) is 0 Å². The van der Waals surface area contributed by atoms with Crippen molar-refractivity contribution < 1.29 is 19.4 Å². The van der Waals surface area contributed by atoms with Crippen LogP contribution < -0.4 is 14.8 Å². The SMILES string of the molecule is CCOc1ccc(OCC(=O)N[C@@H]2CCCC[C@H]2O)cc1. The summed E-state index contributed by atoms with van der Waals surface area (Å²) < 4.78 is 10.8.